The Balaban J connectivity index is 2.65. The summed E-state index contributed by atoms with van der Waals surface area (Å²) in [6.07, 6.45) is 1.75. The number of carbonyl (C=O) groups excluding carboxylic acids is 2. The largest absolute Gasteiger partial charge is 0.384 e. The molecule has 1 amide bonds. The molecule has 0 unspecified atom stereocenters. The van der Waals surface area contributed by atoms with Crippen LogP contribution >= 0.6 is 0 Å². The van der Waals surface area contributed by atoms with Crippen molar-refractivity contribution in [3.05, 3.63) is 23.9 Å². The number of pyridine rings is 1. The lowest BCUT2D eigenvalue weighted by molar-refractivity contribution is -0.134. The van der Waals surface area contributed by atoms with E-state index in [4.69, 9.17) is 11.5 Å². The number of aromatic nitrogens is 1. The average Bonchev–Trinajstić information content (AvgIpc) is 2.31. The van der Waals surface area contributed by atoms with Gasteiger partial charge in [-0.1, -0.05) is 6.07 Å². The van der Waals surface area contributed by atoms with E-state index in [2.05, 4.69) is 4.98 Å². The Morgan fingerprint density at radius 1 is 1.39 bits per heavy atom. The van der Waals surface area contributed by atoms with Gasteiger partial charge in [-0.3, -0.25) is 9.59 Å². The zero-order valence-corrected chi connectivity index (χ0v) is 10.4. The Morgan fingerprint density at radius 3 is 2.61 bits per heavy atom. The Labute approximate surface area is 106 Å². The van der Waals surface area contributed by atoms with Gasteiger partial charge in [0.2, 0.25) is 5.91 Å². The first-order valence-electron chi connectivity index (χ1n) is 5.70. The zero-order valence-electron chi connectivity index (χ0n) is 10.4. The van der Waals surface area contributed by atoms with Gasteiger partial charge in [-0.05, 0) is 18.6 Å². The SMILES string of the molecule is CC(=O)CN(CCN)C(=O)Cc1ccc(N)nc1. The van der Waals surface area contributed by atoms with Crippen LogP contribution in [0.4, 0.5) is 5.82 Å². The monoisotopic (exact) mass is 250 g/mol. The smallest absolute Gasteiger partial charge is 0.227 e. The topological polar surface area (TPSA) is 102 Å². The first kappa shape index (κ1) is 14.1. The van der Waals surface area contributed by atoms with Crippen LogP contribution in [0, 0.1) is 0 Å². The van der Waals surface area contributed by atoms with Gasteiger partial charge in [-0.2, -0.15) is 0 Å². The highest BCUT2D eigenvalue weighted by molar-refractivity contribution is 5.85. The van der Waals surface area contributed by atoms with E-state index in [-0.39, 0.29) is 24.7 Å². The molecule has 0 aromatic carbocycles. The fourth-order valence-electron chi connectivity index (χ4n) is 1.54. The molecule has 18 heavy (non-hydrogen) atoms. The van der Waals surface area contributed by atoms with Crippen LogP contribution in [-0.2, 0) is 16.0 Å². The van der Waals surface area contributed by atoms with Crippen LogP contribution in [0.15, 0.2) is 18.3 Å². The third-order valence-electron chi connectivity index (χ3n) is 2.37. The number of ketones is 1. The fourth-order valence-corrected chi connectivity index (χ4v) is 1.54. The Bertz CT molecular complexity index is 417. The van der Waals surface area contributed by atoms with Crippen LogP contribution < -0.4 is 11.5 Å². The molecule has 0 spiro atoms. The second kappa shape index (κ2) is 6.70. The van der Waals surface area contributed by atoms with Gasteiger partial charge >= 0.3 is 0 Å². The van der Waals surface area contributed by atoms with Crippen LogP contribution in [0.25, 0.3) is 0 Å². The molecule has 1 aromatic rings. The summed E-state index contributed by atoms with van der Waals surface area (Å²) in [5.41, 5.74) is 11.6. The molecule has 0 aliphatic rings. The Kier molecular flexibility index (Phi) is 5.26. The third-order valence-corrected chi connectivity index (χ3v) is 2.37. The van der Waals surface area contributed by atoms with Gasteiger partial charge in [-0.15, -0.1) is 0 Å². The minimum atomic E-state index is -0.137. The molecule has 98 valence electrons. The van der Waals surface area contributed by atoms with E-state index in [1.54, 1.807) is 18.3 Å². The number of nitrogen functional groups attached to an aromatic ring is 1. The highest BCUT2D eigenvalue weighted by Gasteiger charge is 2.15. The zero-order chi connectivity index (χ0) is 13.5. The summed E-state index contributed by atoms with van der Waals surface area (Å²) in [5, 5.41) is 0. The number of anilines is 1. The lowest BCUT2D eigenvalue weighted by atomic mass is 10.2. The molecule has 0 atom stereocenters. The van der Waals surface area contributed by atoms with Crippen LogP contribution in [-0.4, -0.2) is 41.2 Å². The summed E-state index contributed by atoms with van der Waals surface area (Å²) in [7, 11) is 0. The molecule has 0 fully saturated rings. The van der Waals surface area contributed by atoms with Crippen molar-refractivity contribution in [3.8, 4) is 0 Å². The second-order valence-electron chi connectivity index (χ2n) is 4.07. The predicted octanol–water partition coefficient (Wildman–Crippen LogP) is -0.417. The minimum Gasteiger partial charge on any atom is -0.384 e. The van der Waals surface area contributed by atoms with Crippen molar-refractivity contribution in [2.45, 2.75) is 13.3 Å². The number of hydrogen-bond acceptors (Lipinski definition) is 5. The van der Waals surface area contributed by atoms with Crippen molar-refractivity contribution < 1.29 is 9.59 Å². The van der Waals surface area contributed by atoms with Crippen LogP contribution in [0.5, 0.6) is 0 Å². The maximum atomic E-state index is 12.0. The molecular formula is C12H18N4O2. The highest BCUT2D eigenvalue weighted by Crippen LogP contribution is 2.04. The van der Waals surface area contributed by atoms with E-state index in [0.29, 0.717) is 18.9 Å². The van der Waals surface area contributed by atoms with Crippen molar-refractivity contribution in [2.24, 2.45) is 5.73 Å². The van der Waals surface area contributed by atoms with E-state index >= 15 is 0 Å². The first-order valence-corrected chi connectivity index (χ1v) is 5.70. The third kappa shape index (κ3) is 4.50. The van der Waals surface area contributed by atoms with Gasteiger partial charge in [-0.25, -0.2) is 4.98 Å². The summed E-state index contributed by atoms with van der Waals surface area (Å²) < 4.78 is 0. The maximum absolute atomic E-state index is 12.0. The summed E-state index contributed by atoms with van der Waals surface area (Å²) >= 11 is 0. The normalized spacial score (nSPS) is 10.1. The number of nitrogens with zero attached hydrogens (tertiary/aromatic N) is 2. The van der Waals surface area contributed by atoms with Gasteiger partial charge in [0.1, 0.15) is 11.6 Å². The molecule has 1 heterocycles. The Morgan fingerprint density at radius 2 is 2.11 bits per heavy atom. The molecule has 0 bridgehead atoms. The number of carbonyl (C=O) groups is 2. The van der Waals surface area contributed by atoms with Crippen molar-refractivity contribution in [3.63, 3.8) is 0 Å². The molecule has 0 radical (unpaired) electrons. The van der Waals surface area contributed by atoms with Gasteiger partial charge in [0, 0.05) is 19.3 Å². The summed E-state index contributed by atoms with van der Waals surface area (Å²) in [6.45, 7) is 2.25. The Hall–Kier alpha value is -1.95. The van der Waals surface area contributed by atoms with Crippen LogP contribution in [0.3, 0.4) is 0 Å². The molecule has 6 heteroatoms. The molecular weight excluding hydrogens is 232 g/mol. The quantitative estimate of drug-likeness (QED) is 0.714. The van der Waals surface area contributed by atoms with Crippen molar-refractivity contribution in [2.75, 3.05) is 25.4 Å². The minimum absolute atomic E-state index is 0.0627. The van der Waals surface area contributed by atoms with E-state index in [1.165, 1.54) is 11.8 Å². The van der Waals surface area contributed by atoms with Gasteiger partial charge < -0.3 is 16.4 Å². The van der Waals surface area contributed by atoms with Crippen LogP contribution in [0.2, 0.25) is 0 Å². The molecule has 0 aliphatic heterocycles. The number of amides is 1. The molecule has 4 N–H and O–H groups in total. The second-order valence-corrected chi connectivity index (χ2v) is 4.07. The number of hydrogen-bond donors (Lipinski definition) is 2. The van der Waals surface area contributed by atoms with Gasteiger partial charge in [0.25, 0.3) is 0 Å². The number of rotatable bonds is 6. The van der Waals surface area contributed by atoms with E-state index in [1.807, 2.05) is 0 Å². The lowest BCUT2D eigenvalue weighted by Gasteiger charge is -2.20. The molecule has 0 saturated carbocycles. The van der Waals surface area contributed by atoms with Crippen LogP contribution in [0.1, 0.15) is 12.5 Å². The molecule has 1 rings (SSSR count). The first-order chi connectivity index (χ1) is 8.52. The molecule has 0 aliphatic carbocycles. The lowest BCUT2D eigenvalue weighted by Crippen LogP contribution is -2.39. The summed E-state index contributed by atoms with van der Waals surface area (Å²) in [6, 6.07) is 3.38. The van der Waals surface area contributed by atoms with Crippen molar-refractivity contribution >= 4 is 17.5 Å². The fraction of sp³-hybridized carbons (Fsp3) is 0.417. The van der Waals surface area contributed by atoms with E-state index < -0.39 is 0 Å². The highest BCUT2D eigenvalue weighted by atomic mass is 16.2. The molecule has 6 nitrogen and oxygen atoms in total. The summed E-state index contributed by atoms with van der Waals surface area (Å²) in [4.78, 5) is 28.4. The summed E-state index contributed by atoms with van der Waals surface area (Å²) in [5.74, 6) is 0.211. The van der Waals surface area contributed by atoms with Gasteiger partial charge in [0.05, 0.1) is 13.0 Å². The van der Waals surface area contributed by atoms with E-state index in [0.717, 1.165) is 5.56 Å². The predicted molar refractivity (Wildman–Crippen MR) is 68.7 cm³/mol. The standard InChI is InChI=1S/C12H18N4O2/c1-9(17)8-16(5-4-13)12(18)6-10-2-3-11(14)15-7-10/h2-3,7H,4-6,8,13H2,1H3,(H2,14,15). The maximum Gasteiger partial charge on any atom is 0.227 e. The van der Waals surface area contributed by atoms with Crippen molar-refractivity contribution in [1.29, 1.82) is 0 Å². The van der Waals surface area contributed by atoms with Gasteiger partial charge in [0.15, 0.2) is 0 Å². The van der Waals surface area contributed by atoms with Crippen molar-refractivity contribution in [1.82, 2.24) is 9.88 Å². The molecule has 0 saturated heterocycles. The number of nitrogens with two attached hydrogens (primary N) is 2. The average molecular weight is 250 g/mol. The number of Topliss-reactive ketones (excluding diaryl/α,β-unsaturated/α-hetero) is 1. The van der Waals surface area contributed by atoms with E-state index in [9.17, 15) is 9.59 Å². The molecule has 1 aromatic heterocycles.